The number of hydrogen-bond donors (Lipinski definition) is 1. The minimum absolute atomic E-state index is 0.0101. The highest BCUT2D eigenvalue weighted by Crippen LogP contribution is 2.35. The summed E-state index contributed by atoms with van der Waals surface area (Å²) in [5, 5.41) is 3.11. The molecule has 4 aromatic rings. The van der Waals surface area contributed by atoms with Crippen LogP contribution in [-0.2, 0) is 32.6 Å². The van der Waals surface area contributed by atoms with Crippen LogP contribution in [0, 0.1) is 0 Å². The Hall–Kier alpha value is -3.37. The number of nitrogens with one attached hydrogen (secondary N) is 1. The van der Waals surface area contributed by atoms with Gasteiger partial charge in [-0.3, -0.25) is 13.9 Å². The molecule has 4 aromatic carbocycles. The van der Waals surface area contributed by atoms with E-state index in [-0.39, 0.29) is 39.5 Å². The predicted octanol–water partition coefficient (Wildman–Crippen LogP) is 7.51. The normalized spacial score (nSPS) is 11.9. The van der Waals surface area contributed by atoms with E-state index in [2.05, 4.69) is 21.2 Å². The van der Waals surface area contributed by atoms with Crippen LogP contribution >= 0.6 is 39.1 Å². The lowest BCUT2D eigenvalue weighted by atomic mass is 10.0. The molecule has 11 heteroatoms. The zero-order chi connectivity index (χ0) is 32.4. The van der Waals surface area contributed by atoms with Gasteiger partial charge in [-0.15, -0.1) is 0 Å². The van der Waals surface area contributed by atoms with E-state index < -0.39 is 28.5 Å². The molecule has 0 aromatic heterocycles. The number of amides is 2. The van der Waals surface area contributed by atoms with Crippen molar-refractivity contribution < 1.29 is 18.0 Å². The van der Waals surface area contributed by atoms with E-state index in [4.69, 9.17) is 23.2 Å². The van der Waals surface area contributed by atoms with Gasteiger partial charge in [0.05, 0.1) is 20.6 Å². The van der Waals surface area contributed by atoms with Crippen LogP contribution in [0.5, 0.6) is 0 Å². The van der Waals surface area contributed by atoms with Crippen molar-refractivity contribution in [2.24, 2.45) is 0 Å². The van der Waals surface area contributed by atoms with Crippen LogP contribution < -0.4 is 9.62 Å². The molecule has 0 spiro atoms. The summed E-state index contributed by atoms with van der Waals surface area (Å²) < 4.78 is 30.0. The molecule has 0 unspecified atom stereocenters. The van der Waals surface area contributed by atoms with Crippen molar-refractivity contribution in [3.8, 4) is 0 Å². The number of benzene rings is 4. The van der Waals surface area contributed by atoms with Gasteiger partial charge in [-0.05, 0) is 53.9 Å². The van der Waals surface area contributed by atoms with Gasteiger partial charge >= 0.3 is 0 Å². The molecular formula is C34H34BrCl2N3O4S. The highest BCUT2D eigenvalue weighted by atomic mass is 79.9. The van der Waals surface area contributed by atoms with Gasteiger partial charge in [0.15, 0.2) is 0 Å². The molecule has 1 atom stereocenters. The second kappa shape index (κ2) is 16.3. The van der Waals surface area contributed by atoms with E-state index in [0.717, 1.165) is 32.7 Å². The Morgan fingerprint density at radius 2 is 1.49 bits per heavy atom. The van der Waals surface area contributed by atoms with E-state index in [1.807, 2.05) is 61.5 Å². The average molecular weight is 732 g/mol. The maximum Gasteiger partial charge on any atom is 0.264 e. The molecule has 45 heavy (non-hydrogen) atoms. The van der Waals surface area contributed by atoms with Crippen LogP contribution in [-0.4, -0.2) is 44.3 Å². The molecule has 0 bridgehead atoms. The Morgan fingerprint density at radius 1 is 0.844 bits per heavy atom. The second-order valence-corrected chi connectivity index (χ2v) is 14.0. The first kappa shape index (κ1) is 34.5. The first-order chi connectivity index (χ1) is 21.6. The molecule has 0 aliphatic carbocycles. The number of nitrogens with zero attached hydrogens (tertiary/aromatic N) is 2. The van der Waals surface area contributed by atoms with Gasteiger partial charge in [0.1, 0.15) is 12.6 Å². The molecule has 1 N–H and O–H groups in total. The van der Waals surface area contributed by atoms with Crippen LogP contribution in [0.4, 0.5) is 5.69 Å². The third-order valence-corrected chi connectivity index (χ3v) is 10.3. The minimum atomic E-state index is -4.29. The van der Waals surface area contributed by atoms with Crippen LogP contribution in [0.25, 0.3) is 0 Å². The fraction of sp³-hybridized carbons (Fsp3) is 0.235. The van der Waals surface area contributed by atoms with Crippen molar-refractivity contribution in [1.82, 2.24) is 10.2 Å². The van der Waals surface area contributed by atoms with Gasteiger partial charge in [0, 0.05) is 24.0 Å². The summed E-state index contributed by atoms with van der Waals surface area (Å²) in [5.41, 5.74) is 1.68. The average Bonchev–Trinajstić information content (AvgIpc) is 3.04. The first-order valence-electron chi connectivity index (χ1n) is 14.5. The fourth-order valence-electron chi connectivity index (χ4n) is 4.76. The lowest BCUT2D eigenvalue weighted by Crippen LogP contribution is -2.53. The van der Waals surface area contributed by atoms with Gasteiger partial charge < -0.3 is 10.2 Å². The first-order valence-corrected chi connectivity index (χ1v) is 17.5. The monoisotopic (exact) mass is 729 g/mol. The summed E-state index contributed by atoms with van der Waals surface area (Å²) in [6.07, 6.45) is 1.89. The van der Waals surface area contributed by atoms with Crippen molar-refractivity contribution >= 4 is 66.7 Å². The van der Waals surface area contributed by atoms with Gasteiger partial charge in [0.2, 0.25) is 11.8 Å². The van der Waals surface area contributed by atoms with Crippen molar-refractivity contribution in [3.63, 3.8) is 0 Å². The minimum Gasteiger partial charge on any atom is -0.354 e. The Morgan fingerprint density at radius 3 is 2.13 bits per heavy atom. The molecule has 0 radical (unpaired) electrons. The summed E-state index contributed by atoms with van der Waals surface area (Å²) >= 11 is 16.3. The Kier molecular flexibility index (Phi) is 12.5. The molecule has 2 amide bonds. The Balaban J connectivity index is 1.81. The molecule has 0 saturated carbocycles. The molecule has 0 aliphatic rings. The standard InChI is InChI=1S/C34H34BrCl2N3O4S/c1-2-3-21-38-34(42)31(22-25-11-6-4-7-12-25)39(23-26-17-19-27(35)20-18-26)32(41)24-40(30-16-10-15-29(36)33(30)37)45(43,44)28-13-8-5-9-14-28/h4-20,31H,2-3,21-24H2,1H3,(H,38,42)/t31-/m0/s1. The molecule has 4 rings (SSSR count). The third kappa shape index (κ3) is 9.10. The van der Waals surface area contributed by atoms with E-state index >= 15 is 0 Å². The molecule has 0 heterocycles. The third-order valence-electron chi connectivity index (χ3n) is 7.18. The van der Waals surface area contributed by atoms with E-state index in [1.165, 1.54) is 23.1 Å². The quantitative estimate of drug-likeness (QED) is 0.136. The molecule has 0 aliphatic heterocycles. The fourth-order valence-corrected chi connectivity index (χ4v) is 6.92. The number of halogens is 3. The van der Waals surface area contributed by atoms with Crippen LogP contribution in [0.2, 0.25) is 10.0 Å². The highest BCUT2D eigenvalue weighted by molar-refractivity contribution is 9.10. The lowest BCUT2D eigenvalue weighted by molar-refractivity contribution is -0.140. The number of anilines is 1. The summed E-state index contributed by atoms with van der Waals surface area (Å²) in [6.45, 7) is 1.92. The molecule has 0 fully saturated rings. The Labute approximate surface area is 283 Å². The van der Waals surface area contributed by atoms with Gasteiger partial charge in [-0.25, -0.2) is 8.42 Å². The SMILES string of the molecule is CCCCNC(=O)[C@H](Cc1ccccc1)N(Cc1ccc(Br)cc1)C(=O)CN(c1cccc(Cl)c1Cl)S(=O)(=O)c1ccccc1. The van der Waals surface area contributed by atoms with Gasteiger partial charge in [-0.1, -0.05) is 119 Å². The van der Waals surface area contributed by atoms with Gasteiger partial charge in [0.25, 0.3) is 10.0 Å². The number of unbranched alkanes of at least 4 members (excludes halogenated alkanes) is 1. The smallest absolute Gasteiger partial charge is 0.264 e. The van der Waals surface area contributed by atoms with Crippen LogP contribution in [0.1, 0.15) is 30.9 Å². The van der Waals surface area contributed by atoms with Crippen molar-refractivity contribution in [2.75, 3.05) is 17.4 Å². The lowest BCUT2D eigenvalue weighted by Gasteiger charge is -2.34. The maximum atomic E-state index is 14.5. The van der Waals surface area contributed by atoms with E-state index in [1.54, 1.807) is 30.3 Å². The maximum absolute atomic E-state index is 14.5. The van der Waals surface area contributed by atoms with Crippen LogP contribution in [0.15, 0.2) is 112 Å². The van der Waals surface area contributed by atoms with Crippen LogP contribution in [0.3, 0.4) is 0 Å². The van der Waals surface area contributed by atoms with Crippen molar-refractivity contribution in [3.05, 3.63) is 129 Å². The summed E-state index contributed by atoms with van der Waals surface area (Å²) in [4.78, 5) is 29.7. The zero-order valence-electron chi connectivity index (χ0n) is 24.7. The van der Waals surface area contributed by atoms with Gasteiger partial charge in [-0.2, -0.15) is 0 Å². The second-order valence-electron chi connectivity index (χ2n) is 10.4. The summed E-state index contributed by atoms with van der Waals surface area (Å²) in [6, 6.07) is 28.3. The number of sulfonamides is 1. The van der Waals surface area contributed by atoms with Crippen molar-refractivity contribution in [1.29, 1.82) is 0 Å². The summed E-state index contributed by atoms with van der Waals surface area (Å²) in [5.74, 6) is -0.906. The van der Waals surface area contributed by atoms with E-state index in [0.29, 0.717) is 6.54 Å². The largest absolute Gasteiger partial charge is 0.354 e. The summed E-state index contributed by atoms with van der Waals surface area (Å²) in [7, 11) is -4.29. The zero-order valence-corrected chi connectivity index (χ0v) is 28.6. The van der Waals surface area contributed by atoms with E-state index in [9.17, 15) is 18.0 Å². The number of carbonyl (C=O) groups excluding carboxylic acids is 2. The highest BCUT2D eigenvalue weighted by Gasteiger charge is 2.35. The topological polar surface area (TPSA) is 86.8 Å². The Bertz CT molecular complexity index is 1690. The molecule has 236 valence electrons. The number of hydrogen-bond acceptors (Lipinski definition) is 4. The van der Waals surface area contributed by atoms with Crippen molar-refractivity contribution in [2.45, 2.75) is 43.7 Å². The predicted molar refractivity (Wildman–Crippen MR) is 184 cm³/mol. The molecular weight excluding hydrogens is 697 g/mol. The number of carbonyl (C=O) groups is 2. The molecule has 0 saturated heterocycles. The molecule has 7 nitrogen and oxygen atoms in total. The number of rotatable bonds is 14.